The van der Waals surface area contributed by atoms with Crippen LogP contribution in [0.15, 0.2) is 53.0 Å². The molecule has 0 atom stereocenters. The number of aryl methyl sites for hydroxylation is 1. The number of nitriles is 1. The van der Waals surface area contributed by atoms with Gasteiger partial charge in [-0.2, -0.15) is 5.26 Å². The maximum absolute atomic E-state index is 12.4. The van der Waals surface area contributed by atoms with Crippen molar-refractivity contribution < 1.29 is 13.2 Å². The number of nitrogens with one attached hydrogen (secondary N) is 1. The first-order valence-corrected chi connectivity index (χ1v) is 12.2. The second kappa shape index (κ2) is 8.95. The van der Waals surface area contributed by atoms with Gasteiger partial charge in [0.25, 0.3) is 5.91 Å². The average Bonchev–Trinajstić information content (AvgIpc) is 3.07. The molecule has 7 nitrogen and oxygen atoms in total. The van der Waals surface area contributed by atoms with E-state index in [1.165, 1.54) is 11.3 Å². The number of thiazole rings is 1. The molecule has 10 heteroatoms. The highest BCUT2D eigenvalue weighted by Crippen LogP contribution is 2.37. The van der Waals surface area contributed by atoms with Crippen LogP contribution in [0.1, 0.15) is 26.5 Å². The highest BCUT2D eigenvalue weighted by Gasteiger charge is 2.23. The van der Waals surface area contributed by atoms with Crippen molar-refractivity contribution in [3.63, 3.8) is 0 Å². The Hall–Kier alpha value is -2.74. The standard InChI is InChI=1S/C20H17BrN4O3S2/c1-13-18(19(26)24-30(2,27)28)23-20(29-13)25(12-14-6-4-3-5-7-14)17-9-8-15(11-22)10-16(17)21/h3-10H,12H2,1-2H3,(H,24,26). The van der Waals surface area contributed by atoms with Crippen LogP contribution in [0, 0.1) is 18.3 Å². The predicted octanol–water partition coefficient (Wildman–Crippen LogP) is 4.11. The van der Waals surface area contributed by atoms with Gasteiger partial charge in [-0.05, 0) is 46.6 Å². The number of anilines is 2. The van der Waals surface area contributed by atoms with Crippen molar-refractivity contribution in [2.24, 2.45) is 0 Å². The zero-order valence-corrected chi connectivity index (χ0v) is 19.3. The summed E-state index contributed by atoms with van der Waals surface area (Å²) in [6.45, 7) is 2.18. The minimum Gasteiger partial charge on any atom is -0.312 e. The second-order valence-corrected chi connectivity index (χ2v) is 10.2. The number of hydrogen-bond donors (Lipinski definition) is 1. The average molecular weight is 505 g/mol. The Morgan fingerprint density at radius 2 is 1.97 bits per heavy atom. The van der Waals surface area contributed by atoms with E-state index in [1.54, 1.807) is 25.1 Å². The third kappa shape index (κ3) is 5.24. The van der Waals surface area contributed by atoms with Crippen LogP contribution in [0.25, 0.3) is 0 Å². The number of amides is 1. The van der Waals surface area contributed by atoms with Crippen molar-refractivity contribution in [2.75, 3.05) is 11.2 Å². The van der Waals surface area contributed by atoms with Crippen LogP contribution in [0.5, 0.6) is 0 Å². The van der Waals surface area contributed by atoms with Gasteiger partial charge >= 0.3 is 0 Å². The molecule has 1 aromatic heterocycles. The zero-order valence-electron chi connectivity index (χ0n) is 16.1. The lowest BCUT2D eigenvalue weighted by atomic mass is 10.2. The van der Waals surface area contributed by atoms with Crippen molar-refractivity contribution in [1.82, 2.24) is 9.71 Å². The molecule has 1 amide bonds. The summed E-state index contributed by atoms with van der Waals surface area (Å²) in [7, 11) is -3.70. The summed E-state index contributed by atoms with van der Waals surface area (Å²) in [5, 5.41) is 9.68. The van der Waals surface area contributed by atoms with E-state index in [4.69, 9.17) is 5.26 Å². The van der Waals surface area contributed by atoms with Gasteiger partial charge in [-0.1, -0.05) is 30.3 Å². The molecule has 30 heavy (non-hydrogen) atoms. The molecule has 0 saturated carbocycles. The molecule has 2 aromatic carbocycles. The number of nitrogens with zero attached hydrogens (tertiary/aromatic N) is 3. The SMILES string of the molecule is Cc1sc(N(Cc2ccccc2)c2ccc(C#N)cc2Br)nc1C(=O)NS(C)(=O)=O. The highest BCUT2D eigenvalue weighted by molar-refractivity contribution is 9.10. The van der Waals surface area contributed by atoms with Crippen LogP contribution in [0.2, 0.25) is 0 Å². The predicted molar refractivity (Wildman–Crippen MR) is 120 cm³/mol. The Bertz CT molecular complexity index is 1230. The van der Waals surface area contributed by atoms with Gasteiger partial charge in [0, 0.05) is 9.35 Å². The van der Waals surface area contributed by atoms with Crippen molar-refractivity contribution in [3.05, 3.63) is 74.7 Å². The molecular weight excluding hydrogens is 488 g/mol. The van der Waals surface area contributed by atoms with Gasteiger partial charge in [-0.25, -0.2) is 18.1 Å². The lowest BCUT2D eigenvalue weighted by molar-refractivity contribution is 0.0977. The van der Waals surface area contributed by atoms with E-state index in [9.17, 15) is 13.2 Å². The molecule has 154 valence electrons. The molecule has 0 saturated heterocycles. The van der Waals surface area contributed by atoms with Crippen molar-refractivity contribution in [3.8, 4) is 6.07 Å². The number of rotatable bonds is 6. The van der Waals surface area contributed by atoms with E-state index in [1.807, 2.05) is 40.0 Å². The molecule has 0 aliphatic rings. The zero-order chi connectivity index (χ0) is 21.9. The molecule has 0 aliphatic carbocycles. The summed E-state index contributed by atoms with van der Waals surface area (Å²) in [5.41, 5.74) is 2.35. The van der Waals surface area contributed by atoms with Crippen LogP contribution in [0.3, 0.4) is 0 Å². The summed E-state index contributed by atoms with van der Waals surface area (Å²) in [6, 6.07) is 17.1. The minimum absolute atomic E-state index is 0.0586. The van der Waals surface area contributed by atoms with Crippen LogP contribution >= 0.6 is 27.3 Å². The summed E-state index contributed by atoms with van der Waals surface area (Å²) < 4.78 is 25.5. The molecule has 0 spiro atoms. The van der Waals surface area contributed by atoms with E-state index in [0.29, 0.717) is 26.6 Å². The lowest BCUT2D eigenvalue weighted by Crippen LogP contribution is -2.30. The molecular formula is C20H17BrN4O3S2. The molecule has 1 N–H and O–H groups in total. The first kappa shape index (κ1) is 22.0. The number of benzene rings is 2. The number of aromatic nitrogens is 1. The maximum Gasteiger partial charge on any atom is 0.284 e. The topological polar surface area (TPSA) is 103 Å². The Morgan fingerprint density at radius 3 is 2.57 bits per heavy atom. The number of halogens is 1. The Balaban J connectivity index is 2.06. The number of hydrogen-bond acceptors (Lipinski definition) is 7. The highest BCUT2D eigenvalue weighted by atomic mass is 79.9. The normalized spacial score (nSPS) is 11.0. The molecule has 0 radical (unpaired) electrons. The fraction of sp³-hybridized carbons (Fsp3) is 0.150. The van der Waals surface area contributed by atoms with Crippen molar-refractivity contribution in [1.29, 1.82) is 5.26 Å². The monoisotopic (exact) mass is 504 g/mol. The quantitative estimate of drug-likeness (QED) is 0.541. The van der Waals surface area contributed by atoms with Crippen LogP contribution in [-0.4, -0.2) is 25.6 Å². The van der Waals surface area contributed by atoms with E-state index >= 15 is 0 Å². The smallest absolute Gasteiger partial charge is 0.284 e. The van der Waals surface area contributed by atoms with E-state index in [0.717, 1.165) is 17.5 Å². The van der Waals surface area contributed by atoms with E-state index in [-0.39, 0.29) is 5.69 Å². The number of sulfonamides is 1. The molecule has 0 unspecified atom stereocenters. The first-order valence-electron chi connectivity index (χ1n) is 8.68. The van der Waals surface area contributed by atoms with Crippen LogP contribution < -0.4 is 9.62 Å². The van der Waals surface area contributed by atoms with Gasteiger partial charge < -0.3 is 4.90 Å². The van der Waals surface area contributed by atoms with Gasteiger partial charge in [0.15, 0.2) is 5.13 Å². The fourth-order valence-electron chi connectivity index (χ4n) is 2.74. The molecule has 3 aromatic rings. The summed E-state index contributed by atoms with van der Waals surface area (Å²) in [6.07, 6.45) is 0.920. The summed E-state index contributed by atoms with van der Waals surface area (Å²) in [4.78, 5) is 19.3. The minimum atomic E-state index is -3.70. The molecule has 0 fully saturated rings. The second-order valence-electron chi connectivity index (χ2n) is 6.45. The third-order valence-corrected chi connectivity index (χ3v) is 6.25. The molecule has 1 heterocycles. The number of carbonyl (C=O) groups excluding carboxylic acids is 1. The Morgan fingerprint density at radius 1 is 1.27 bits per heavy atom. The third-order valence-electron chi connectivity index (χ3n) is 4.06. The first-order chi connectivity index (χ1) is 14.2. The Kier molecular flexibility index (Phi) is 6.55. The maximum atomic E-state index is 12.4. The van der Waals surface area contributed by atoms with Gasteiger partial charge in [0.05, 0.1) is 30.1 Å². The number of carbonyl (C=O) groups is 1. The molecule has 3 rings (SSSR count). The summed E-state index contributed by atoms with van der Waals surface area (Å²) in [5.74, 6) is -0.768. The van der Waals surface area contributed by atoms with E-state index < -0.39 is 15.9 Å². The largest absolute Gasteiger partial charge is 0.312 e. The van der Waals surface area contributed by atoms with Gasteiger partial charge in [-0.3, -0.25) is 4.79 Å². The van der Waals surface area contributed by atoms with Crippen LogP contribution in [0.4, 0.5) is 10.8 Å². The van der Waals surface area contributed by atoms with Gasteiger partial charge in [0.1, 0.15) is 5.69 Å². The lowest BCUT2D eigenvalue weighted by Gasteiger charge is -2.23. The van der Waals surface area contributed by atoms with Gasteiger partial charge in [-0.15, -0.1) is 11.3 Å². The van der Waals surface area contributed by atoms with Crippen molar-refractivity contribution >= 4 is 54.0 Å². The van der Waals surface area contributed by atoms with Gasteiger partial charge in [0.2, 0.25) is 10.0 Å². The van der Waals surface area contributed by atoms with Crippen molar-refractivity contribution in [2.45, 2.75) is 13.5 Å². The fourth-order valence-corrected chi connectivity index (χ4v) is 4.69. The van der Waals surface area contributed by atoms with Crippen LogP contribution in [-0.2, 0) is 16.6 Å². The molecule has 0 bridgehead atoms. The summed E-state index contributed by atoms with van der Waals surface area (Å²) >= 11 is 4.80. The van der Waals surface area contributed by atoms with E-state index in [2.05, 4.69) is 27.0 Å². The Labute approximate surface area is 187 Å². The molecule has 0 aliphatic heterocycles.